The lowest BCUT2D eigenvalue weighted by Crippen LogP contribution is -1.88. The second kappa shape index (κ2) is 3.89. The van der Waals surface area contributed by atoms with Gasteiger partial charge in [0, 0.05) is 12.4 Å². The van der Waals surface area contributed by atoms with Crippen LogP contribution in [0.2, 0.25) is 0 Å². The third-order valence-corrected chi connectivity index (χ3v) is 2.07. The predicted octanol–water partition coefficient (Wildman–Crippen LogP) is 2.32. The summed E-state index contributed by atoms with van der Waals surface area (Å²) in [7, 11) is 0. The molecule has 2 aromatic rings. The highest BCUT2D eigenvalue weighted by molar-refractivity contribution is 5.56. The van der Waals surface area contributed by atoms with Crippen molar-refractivity contribution in [2.75, 3.05) is 0 Å². The lowest BCUT2D eigenvalue weighted by Gasteiger charge is -2.00. The Hall–Kier alpha value is -2.21. The van der Waals surface area contributed by atoms with Crippen molar-refractivity contribution >= 4 is 0 Å². The van der Waals surface area contributed by atoms with Gasteiger partial charge in [0.05, 0.1) is 23.0 Å². The Kier molecular flexibility index (Phi) is 2.42. The van der Waals surface area contributed by atoms with E-state index >= 15 is 0 Å². The van der Waals surface area contributed by atoms with Crippen LogP contribution in [0.25, 0.3) is 11.4 Å². The second-order valence-electron chi connectivity index (χ2n) is 3.26. The minimum absolute atomic E-state index is 0.600. The van der Waals surface area contributed by atoms with E-state index in [0.29, 0.717) is 5.56 Å². The second-order valence-corrected chi connectivity index (χ2v) is 3.26. The highest BCUT2D eigenvalue weighted by Crippen LogP contribution is 2.15. The van der Waals surface area contributed by atoms with Crippen molar-refractivity contribution in [3.05, 3.63) is 47.8 Å². The first kappa shape index (κ1) is 9.35. The van der Waals surface area contributed by atoms with Crippen LogP contribution in [0.1, 0.15) is 11.1 Å². The van der Waals surface area contributed by atoms with Crippen molar-refractivity contribution in [1.82, 2.24) is 9.97 Å². The van der Waals surface area contributed by atoms with Crippen LogP contribution in [0, 0.1) is 18.3 Å². The predicted molar refractivity (Wildman–Crippen MR) is 56.9 cm³/mol. The topological polar surface area (TPSA) is 49.6 Å². The van der Waals surface area contributed by atoms with E-state index in [9.17, 15) is 0 Å². The van der Waals surface area contributed by atoms with Gasteiger partial charge in [0.25, 0.3) is 0 Å². The smallest absolute Gasteiger partial charge is 0.0992 e. The van der Waals surface area contributed by atoms with E-state index in [1.54, 1.807) is 24.5 Å². The van der Waals surface area contributed by atoms with Crippen LogP contribution >= 0.6 is 0 Å². The molecule has 0 amide bonds. The number of nitriles is 1. The summed E-state index contributed by atoms with van der Waals surface area (Å²) in [6.45, 7) is 2.00. The quantitative estimate of drug-likeness (QED) is 0.701. The Morgan fingerprint density at radius 1 is 1.07 bits per heavy atom. The average molecular weight is 195 g/mol. The normalized spacial score (nSPS) is 9.60. The zero-order valence-corrected chi connectivity index (χ0v) is 8.31. The molecule has 0 spiro atoms. The zero-order valence-electron chi connectivity index (χ0n) is 8.31. The van der Waals surface area contributed by atoms with Gasteiger partial charge < -0.3 is 0 Å². The van der Waals surface area contributed by atoms with Crippen LogP contribution in [0.3, 0.4) is 0 Å². The van der Waals surface area contributed by atoms with Gasteiger partial charge in [-0.05, 0) is 36.8 Å². The first-order valence-corrected chi connectivity index (χ1v) is 4.59. The van der Waals surface area contributed by atoms with E-state index in [1.807, 2.05) is 19.1 Å². The molecule has 72 valence electrons. The van der Waals surface area contributed by atoms with Crippen LogP contribution in [-0.2, 0) is 0 Å². The highest BCUT2D eigenvalue weighted by atomic mass is 14.8. The van der Waals surface area contributed by atoms with E-state index in [0.717, 1.165) is 17.0 Å². The number of nitrogens with zero attached hydrogens (tertiary/aromatic N) is 3. The summed E-state index contributed by atoms with van der Waals surface area (Å²) in [4.78, 5) is 8.40. The van der Waals surface area contributed by atoms with Gasteiger partial charge in [-0.1, -0.05) is 0 Å². The SMILES string of the molecule is Cc1ccnc(-c2cc(C#N)ccn2)c1. The fraction of sp³-hybridized carbons (Fsp3) is 0.0833. The van der Waals surface area contributed by atoms with Gasteiger partial charge in [0.15, 0.2) is 0 Å². The molecule has 15 heavy (non-hydrogen) atoms. The number of rotatable bonds is 1. The minimum atomic E-state index is 0.600. The number of hydrogen-bond acceptors (Lipinski definition) is 3. The van der Waals surface area contributed by atoms with Crippen molar-refractivity contribution in [1.29, 1.82) is 5.26 Å². The van der Waals surface area contributed by atoms with Gasteiger partial charge in [0.2, 0.25) is 0 Å². The lowest BCUT2D eigenvalue weighted by molar-refractivity contribution is 1.22. The summed E-state index contributed by atoms with van der Waals surface area (Å²) in [5.74, 6) is 0. The van der Waals surface area contributed by atoms with Gasteiger partial charge in [0.1, 0.15) is 0 Å². The Bertz CT molecular complexity index is 526. The molecule has 2 aromatic heterocycles. The molecule has 2 rings (SSSR count). The molecule has 0 N–H and O–H groups in total. The van der Waals surface area contributed by atoms with Gasteiger partial charge in [-0.15, -0.1) is 0 Å². The summed E-state index contributed by atoms with van der Waals surface area (Å²) in [6.07, 6.45) is 3.36. The summed E-state index contributed by atoms with van der Waals surface area (Å²) in [6, 6.07) is 9.38. The maximum Gasteiger partial charge on any atom is 0.0992 e. The first-order chi connectivity index (χ1) is 7.29. The molecule has 0 aliphatic heterocycles. The molecule has 2 heterocycles. The molecule has 0 saturated heterocycles. The molecule has 0 aromatic carbocycles. The molecule has 3 heteroatoms. The lowest BCUT2D eigenvalue weighted by atomic mass is 10.1. The summed E-state index contributed by atoms with van der Waals surface area (Å²) in [5, 5.41) is 8.77. The molecule has 0 saturated carbocycles. The molecule has 0 radical (unpaired) electrons. The Balaban J connectivity index is 2.50. The summed E-state index contributed by atoms with van der Waals surface area (Å²) in [5.41, 5.74) is 3.26. The van der Waals surface area contributed by atoms with Crippen LogP contribution in [0.4, 0.5) is 0 Å². The minimum Gasteiger partial charge on any atom is -0.255 e. The molecular weight excluding hydrogens is 186 g/mol. The van der Waals surface area contributed by atoms with E-state index in [4.69, 9.17) is 5.26 Å². The van der Waals surface area contributed by atoms with E-state index in [1.165, 1.54) is 0 Å². The van der Waals surface area contributed by atoms with Gasteiger partial charge in [-0.2, -0.15) is 5.26 Å². The monoisotopic (exact) mass is 195 g/mol. The molecule has 0 atom stereocenters. The molecule has 0 unspecified atom stereocenters. The number of hydrogen-bond donors (Lipinski definition) is 0. The van der Waals surface area contributed by atoms with Crippen LogP contribution in [0.5, 0.6) is 0 Å². The third-order valence-electron chi connectivity index (χ3n) is 2.07. The maximum atomic E-state index is 8.77. The van der Waals surface area contributed by atoms with Crippen molar-refractivity contribution in [2.45, 2.75) is 6.92 Å². The number of pyridine rings is 2. The molecule has 0 aliphatic carbocycles. The first-order valence-electron chi connectivity index (χ1n) is 4.59. The Morgan fingerprint density at radius 3 is 2.40 bits per heavy atom. The fourth-order valence-electron chi connectivity index (χ4n) is 1.32. The fourth-order valence-corrected chi connectivity index (χ4v) is 1.32. The van der Waals surface area contributed by atoms with Crippen LogP contribution < -0.4 is 0 Å². The van der Waals surface area contributed by atoms with Crippen LogP contribution in [0.15, 0.2) is 36.7 Å². The highest BCUT2D eigenvalue weighted by Gasteiger charge is 2.01. The van der Waals surface area contributed by atoms with E-state index in [-0.39, 0.29) is 0 Å². The molecule has 0 fully saturated rings. The van der Waals surface area contributed by atoms with Crippen molar-refractivity contribution in [3.63, 3.8) is 0 Å². The van der Waals surface area contributed by atoms with Crippen molar-refractivity contribution < 1.29 is 0 Å². The van der Waals surface area contributed by atoms with Crippen LogP contribution in [-0.4, -0.2) is 9.97 Å². The van der Waals surface area contributed by atoms with Gasteiger partial charge >= 0.3 is 0 Å². The molecule has 0 aliphatic rings. The molecular formula is C12H9N3. The average Bonchev–Trinajstić information content (AvgIpc) is 2.29. The Labute approximate surface area is 88.1 Å². The van der Waals surface area contributed by atoms with Crippen molar-refractivity contribution in [3.8, 4) is 17.5 Å². The van der Waals surface area contributed by atoms with Gasteiger partial charge in [-0.25, -0.2) is 0 Å². The van der Waals surface area contributed by atoms with Crippen molar-refractivity contribution in [2.24, 2.45) is 0 Å². The maximum absolute atomic E-state index is 8.77. The zero-order chi connectivity index (χ0) is 10.7. The summed E-state index contributed by atoms with van der Waals surface area (Å²) >= 11 is 0. The van der Waals surface area contributed by atoms with E-state index < -0.39 is 0 Å². The molecule has 3 nitrogen and oxygen atoms in total. The standard InChI is InChI=1S/C12H9N3/c1-9-2-4-14-11(6-9)12-7-10(8-13)3-5-15-12/h2-7H,1H3. The molecule has 0 bridgehead atoms. The number of aromatic nitrogens is 2. The van der Waals surface area contributed by atoms with Gasteiger partial charge in [-0.3, -0.25) is 9.97 Å². The largest absolute Gasteiger partial charge is 0.255 e. The number of aryl methyl sites for hydroxylation is 1. The Morgan fingerprint density at radius 2 is 1.73 bits per heavy atom. The summed E-state index contributed by atoms with van der Waals surface area (Å²) < 4.78 is 0. The van der Waals surface area contributed by atoms with E-state index in [2.05, 4.69) is 16.0 Å². The third kappa shape index (κ3) is 2.00.